The summed E-state index contributed by atoms with van der Waals surface area (Å²) in [6, 6.07) is 11.7. The van der Waals surface area contributed by atoms with E-state index in [0.29, 0.717) is 17.2 Å². The molecule has 0 saturated carbocycles. The Hall–Kier alpha value is -2.16. The maximum absolute atomic E-state index is 12.5. The molecule has 0 radical (unpaired) electrons. The zero-order valence-corrected chi connectivity index (χ0v) is 13.6. The van der Waals surface area contributed by atoms with E-state index in [1.807, 2.05) is 16.2 Å². The minimum Gasteiger partial charge on any atom is -0.335 e. The molecule has 2 aliphatic rings. The van der Waals surface area contributed by atoms with E-state index >= 15 is 0 Å². The Balaban J connectivity index is 1.38. The van der Waals surface area contributed by atoms with Crippen LogP contribution in [0.4, 0.5) is 0 Å². The van der Waals surface area contributed by atoms with Gasteiger partial charge in [-0.05, 0) is 41.6 Å². The lowest BCUT2D eigenvalue weighted by Gasteiger charge is -2.46. The molecule has 1 aromatic heterocycles. The van der Waals surface area contributed by atoms with Crippen LogP contribution in [0.1, 0.15) is 26.4 Å². The maximum atomic E-state index is 12.5. The second-order valence-corrected chi connectivity index (χ2v) is 7.15. The molecule has 0 bridgehead atoms. The summed E-state index contributed by atoms with van der Waals surface area (Å²) in [6.45, 7) is 3.67. The van der Waals surface area contributed by atoms with Crippen molar-refractivity contribution in [1.29, 1.82) is 5.26 Å². The monoisotopic (exact) mass is 323 g/mol. The zero-order chi connectivity index (χ0) is 15.8. The van der Waals surface area contributed by atoms with Crippen LogP contribution in [0.2, 0.25) is 0 Å². The van der Waals surface area contributed by atoms with E-state index in [4.69, 9.17) is 5.26 Å². The number of carbonyl (C=O) groups is 1. The van der Waals surface area contributed by atoms with Gasteiger partial charge >= 0.3 is 0 Å². The lowest BCUT2D eigenvalue weighted by molar-refractivity contribution is 0.0221. The first kappa shape index (κ1) is 14.4. The molecule has 1 fully saturated rings. The summed E-state index contributed by atoms with van der Waals surface area (Å²) in [5, 5.41) is 11.1. The number of rotatable bonds is 2. The van der Waals surface area contributed by atoms with Crippen LogP contribution in [-0.4, -0.2) is 41.4 Å². The van der Waals surface area contributed by atoms with Crippen LogP contribution in [0.25, 0.3) is 0 Å². The highest BCUT2D eigenvalue weighted by Crippen LogP contribution is 2.28. The lowest BCUT2D eigenvalue weighted by atomic mass is 10.0. The molecule has 0 unspecified atom stereocenters. The average Bonchev–Trinajstić information content (AvgIpc) is 3.01. The summed E-state index contributed by atoms with van der Waals surface area (Å²) in [7, 11) is 0. The van der Waals surface area contributed by atoms with E-state index in [1.54, 1.807) is 24.3 Å². The summed E-state index contributed by atoms with van der Waals surface area (Å²) in [6.07, 6.45) is 1.13. The third kappa shape index (κ3) is 2.65. The van der Waals surface area contributed by atoms with Gasteiger partial charge in [-0.25, -0.2) is 0 Å². The van der Waals surface area contributed by atoms with E-state index in [0.717, 1.165) is 32.6 Å². The van der Waals surface area contributed by atoms with Crippen molar-refractivity contribution in [2.75, 3.05) is 19.6 Å². The van der Waals surface area contributed by atoms with Crippen molar-refractivity contribution in [2.24, 2.45) is 0 Å². The Morgan fingerprint density at radius 3 is 3.00 bits per heavy atom. The van der Waals surface area contributed by atoms with Gasteiger partial charge < -0.3 is 4.90 Å². The number of benzene rings is 1. The van der Waals surface area contributed by atoms with Gasteiger partial charge in [0.05, 0.1) is 11.6 Å². The number of carbonyl (C=O) groups excluding carboxylic acids is 1. The number of hydrogen-bond acceptors (Lipinski definition) is 4. The van der Waals surface area contributed by atoms with E-state index < -0.39 is 0 Å². The van der Waals surface area contributed by atoms with E-state index in [9.17, 15) is 4.79 Å². The molecule has 23 heavy (non-hydrogen) atoms. The highest BCUT2D eigenvalue weighted by atomic mass is 32.1. The van der Waals surface area contributed by atoms with Crippen molar-refractivity contribution >= 4 is 17.2 Å². The van der Waals surface area contributed by atoms with Crippen molar-refractivity contribution < 1.29 is 4.79 Å². The predicted octanol–water partition coefficient (Wildman–Crippen LogP) is 2.50. The summed E-state index contributed by atoms with van der Waals surface area (Å²) in [5.41, 5.74) is 2.60. The van der Waals surface area contributed by atoms with Gasteiger partial charge in [-0.1, -0.05) is 6.07 Å². The number of nitriles is 1. The number of nitrogens with zero attached hydrogens (tertiary/aromatic N) is 3. The van der Waals surface area contributed by atoms with Gasteiger partial charge in [0, 0.05) is 42.7 Å². The summed E-state index contributed by atoms with van der Waals surface area (Å²) < 4.78 is 0. The first-order valence-corrected chi connectivity index (χ1v) is 8.71. The van der Waals surface area contributed by atoms with Crippen LogP contribution in [0.3, 0.4) is 0 Å². The van der Waals surface area contributed by atoms with Crippen molar-refractivity contribution in [2.45, 2.75) is 19.0 Å². The van der Waals surface area contributed by atoms with Gasteiger partial charge in [-0.15, -0.1) is 11.3 Å². The topological polar surface area (TPSA) is 47.3 Å². The Kier molecular flexibility index (Phi) is 3.64. The molecule has 2 aromatic rings. The van der Waals surface area contributed by atoms with Gasteiger partial charge in [0.2, 0.25) is 0 Å². The molecule has 4 rings (SSSR count). The minimum absolute atomic E-state index is 0.0339. The smallest absolute Gasteiger partial charge is 0.254 e. The summed E-state index contributed by atoms with van der Waals surface area (Å²) in [4.78, 5) is 18.4. The number of amides is 1. The average molecular weight is 323 g/mol. The van der Waals surface area contributed by atoms with Crippen molar-refractivity contribution in [3.8, 4) is 6.07 Å². The number of thiophene rings is 1. The molecule has 3 heterocycles. The second-order valence-electron chi connectivity index (χ2n) is 6.15. The Morgan fingerprint density at radius 2 is 2.17 bits per heavy atom. The van der Waals surface area contributed by atoms with Crippen LogP contribution in [0.15, 0.2) is 35.7 Å². The number of likely N-dealkylation sites (tertiary alicyclic amines) is 1. The molecule has 0 spiro atoms. The van der Waals surface area contributed by atoms with E-state index in [2.05, 4.69) is 22.4 Å². The molecule has 1 saturated heterocycles. The van der Waals surface area contributed by atoms with Crippen LogP contribution in [0.5, 0.6) is 0 Å². The van der Waals surface area contributed by atoms with Gasteiger partial charge in [0.1, 0.15) is 0 Å². The fraction of sp³-hybridized carbons (Fsp3) is 0.333. The van der Waals surface area contributed by atoms with E-state index in [1.165, 1.54) is 10.4 Å². The Morgan fingerprint density at radius 1 is 1.30 bits per heavy atom. The molecule has 2 aliphatic heterocycles. The van der Waals surface area contributed by atoms with Crippen molar-refractivity contribution in [3.63, 3.8) is 0 Å². The third-order valence-corrected chi connectivity index (χ3v) is 5.76. The molecule has 1 aromatic carbocycles. The van der Waals surface area contributed by atoms with Crippen molar-refractivity contribution in [3.05, 3.63) is 57.3 Å². The second kappa shape index (κ2) is 5.80. The van der Waals surface area contributed by atoms with Gasteiger partial charge in [-0.3, -0.25) is 9.69 Å². The Labute approximate surface area is 139 Å². The first-order chi connectivity index (χ1) is 11.2. The summed E-state index contributed by atoms with van der Waals surface area (Å²) >= 11 is 1.85. The maximum Gasteiger partial charge on any atom is 0.254 e. The molecule has 0 atom stereocenters. The molecule has 0 N–H and O–H groups in total. The number of hydrogen-bond donors (Lipinski definition) is 0. The van der Waals surface area contributed by atoms with E-state index in [-0.39, 0.29) is 5.91 Å². The standard InChI is InChI=1S/C18H17N3OS/c19-9-13-2-1-3-14(8-13)18(22)21-11-16(12-21)20-6-4-17-15(10-20)5-7-23-17/h1-3,5,7-8,16H,4,6,10-12H2. The highest BCUT2D eigenvalue weighted by Gasteiger charge is 2.36. The SMILES string of the molecule is N#Cc1cccc(C(=O)N2CC(N3CCc4sccc4C3)C2)c1. The van der Waals surface area contributed by atoms with Crippen LogP contribution in [-0.2, 0) is 13.0 Å². The quantitative estimate of drug-likeness (QED) is 0.853. The van der Waals surface area contributed by atoms with Crippen LogP contribution < -0.4 is 0 Å². The minimum atomic E-state index is 0.0339. The molecule has 116 valence electrons. The highest BCUT2D eigenvalue weighted by molar-refractivity contribution is 7.10. The molecule has 1 amide bonds. The lowest BCUT2D eigenvalue weighted by Crippen LogP contribution is -2.61. The zero-order valence-electron chi connectivity index (χ0n) is 12.7. The largest absolute Gasteiger partial charge is 0.335 e. The van der Waals surface area contributed by atoms with Crippen LogP contribution >= 0.6 is 11.3 Å². The fourth-order valence-corrected chi connectivity index (χ4v) is 4.23. The molecule has 0 aliphatic carbocycles. The van der Waals surface area contributed by atoms with Gasteiger partial charge in [-0.2, -0.15) is 5.26 Å². The molecule has 5 heteroatoms. The predicted molar refractivity (Wildman–Crippen MR) is 89.3 cm³/mol. The first-order valence-electron chi connectivity index (χ1n) is 7.83. The fourth-order valence-electron chi connectivity index (χ4n) is 3.34. The van der Waals surface area contributed by atoms with Crippen LogP contribution in [0, 0.1) is 11.3 Å². The summed E-state index contributed by atoms with van der Waals surface area (Å²) in [5.74, 6) is 0.0339. The normalized spacial score (nSPS) is 18.1. The third-order valence-electron chi connectivity index (χ3n) is 4.74. The Bertz CT molecular complexity index is 786. The van der Waals surface area contributed by atoms with Gasteiger partial charge in [0.25, 0.3) is 5.91 Å². The van der Waals surface area contributed by atoms with Crippen molar-refractivity contribution in [1.82, 2.24) is 9.80 Å². The molecule has 4 nitrogen and oxygen atoms in total. The number of fused-ring (bicyclic) bond motifs is 1. The molecular formula is C18H17N3OS. The van der Waals surface area contributed by atoms with Gasteiger partial charge in [0.15, 0.2) is 0 Å². The molecular weight excluding hydrogens is 306 g/mol.